The molecule has 0 saturated heterocycles. The van der Waals surface area contributed by atoms with Crippen LogP contribution in [0, 0.1) is 11.8 Å². The fourth-order valence-corrected chi connectivity index (χ4v) is 7.79. The summed E-state index contributed by atoms with van der Waals surface area (Å²) in [6, 6.07) is 8.24. The predicted molar refractivity (Wildman–Crippen MR) is 224 cm³/mol. The lowest BCUT2D eigenvalue weighted by Gasteiger charge is -2.17. The minimum Gasteiger partial charge on any atom is -0.496 e. The lowest BCUT2D eigenvalue weighted by atomic mass is 9.97. The molecule has 4 nitrogen and oxygen atoms in total. The molecule has 0 unspecified atom stereocenters. The zero-order chi connectivity index (χ0) is 38.0. The first-order valence-corrected chi connectivity index (χ1v) is 21.8. The standard InChI is InChI=1S/C46H74Cl2O4/c1-36(2)26-21-17-15-16-19-23-30-40-43(50-5)34-39(29-25-27-37(3)4)35-44(40)52-45(49)31-24-20-14-12-10-8-7-9-11-13-18-22-28-38-32-41(47)46(51-6)42(48)33-38/h32-37H,7-31H2,1-6H3. The molecular weight excluding hydrogens is 687 g/mol. The highest BCUT2D eigenvalue weighted by Crippen LogP contribution is 2.35. The number of rotatable bonds is 31. The van der Waals surface area contributed by atoms with Crippen LogP contribution in [0.25, 0.3) is 0 Å². The first-order valence-electron chi connectivity index (χ1n) is 21.1. The molecule has 52 heavy (non-hydrogen) atoms. The number of methoxy groups -OCH3 is 2. The third kappa shape index (κ3) is 20.5. The second kappa shape index (κ2) is 28.5. The van der Waals surface area contributed by atoms with Crippen molar-refractivity contribution in [2.75, 3.05) is 14.2 Å². The molecule has 0 aliphatic rings. The highest BCUT2D eigenvalue weighted by atomic mass is 35.5. The Kier molecular flexibility index (Phi) is 25.4. The van der Waals surface area contributed by atoms with Gasteiger partial charge in [-0.2, -0.15) is 0 Å². The number of hydrogen-bond donors (Lipinski definition) is 0. The molecule has 0 aliphatic carbocycles. The molecule has 2 aromatic rings. The average molecular weight is 762 g/mol. The highest BCUT2D eigenvalue weighted by molar-refractivity contribution is 6.37. The molecule has 0 N–H and O–H groups in total. The van der Waals surface area contributed by atoms with E-state index in [0.717, 1.165) is 74.3 Å². The Morgan fingerprint density at radius 1 is 0.519 bits per heavy atom. The number of ether oxygens (including phenoxy) is 3. The fourth-order valence-electron chi connectivity index (χ4n) is 7.11. The monoisotopic (exact) mass is 760 g/mol. The van der Waals surface area contributed by atoms with Gasteiger partial charge in [-0.25, -0.2) is 0 Å². The molecule has 0 bridgehead atoms. The third-order valence-corrected chi connectivity index (χ3v) is 10.8. The summed E-state index contributed by atoms with van der Waals surface area (Å²) < 4.78 is 17.2. The van der Waals surface area contributed by atoms with Crippen LogP contribution in [0.3, 0.4) is 0 Å². The Morgan fingerprint density at radius 3 is 1.46 bits per heavy atom. The van der Waals surface area contributed by atoms with Crippen LogP contribution in [-0.4, -0.2) is 20.2 Å². The van der Waals surface area contributed by atoms with Crippen molar-refractivity contribution in [3.05, 3.63) is 51.0 Å². The highest BCUT2D eigenvalue weighted by Gasteiger charge is 2.17. The lowest BCUT2D eigenvalue weighted by molar-refractivity contribution is -0.134. The molecule has 0 aliphatic heterocycles. The second-order valence-corrected chi connectivity index (χ2v) is 16.7. The van der Waals surface area contributed by atoms with Crippen molar-refractivity contribution in [2.45, 2.75) is 188 Å². The Bertz CT molecular complexity index is 1220. The first kappa shape index (κ1) is 46.2. The Hall–Kier alpha value is -1.91. The number of unbranched alkanes of at least 4 members (excludes halogenated alkanes) is 16. The zero-order valence-corrected chi connectivity index (χ0v) is 35.5. The maximum absolute atomic E-state index is 13.0. The molecule has 0 fully saturated rings. The Labute approximate surface area is 329 Å². The van der Waals surface area contributed by atoms with Crippen LogP contribution in [0.1, 0.15) is 186 Å². The summed E-state index contributed by atoms with van der Waals surface area (Å²) in [5.41, 5.74) is 3.45. The predicted octanol–water partition coefficient (Wildman–Crippen LogP) is 15.1. The zero-order valence-electron chi connectivity index (χ0n) is 34.0. The van der Waals surface area contributed by atoms with Crippen molar-refractivity contribution in [2.24, 2.45) is 11.8 Å². The van der Waals surface area contributed by atoms with Gasteiger partial charge in [0.1, 0.15) is 11.5 Å². The maximum atomic E-state index is 13.0. The normalized spacial score (nSPS) is 11.5. The number of carbonyl (C=O) groups is 1. The summed E-state index contributed by atoms with van der Waals surface area (Å²) in [6.07, 6.45) is 29.2. The number of halogens is 2. The molecule has 0 aromatic heterocycles. The molecule has 296 valence electrons. The molecule has 2 rings (SSSR count). The topological polar surface area (TPSA) is 44.8 Å². The van der Waals surface area contributed by atoms with Crippen LogP contribution in [-0.2, 0) is 24.1 Å². The van der Waals surface area contributed by atoms with E-state index in [0.29, 0.717) is 28.1 Å². The van der Waals surface area contributed by atoms with E-state index in [-0.39, 0.29) is 5.97 Å². The summed E-state index contributed by atoms with van der Waals surface area (Å²) >= 11 is 12.5. The van der Waals surface area contributed by atoms with Crippen LogP contribution in [0.15, 0.2) is 24.3 Å². The second-order valence-electron chi connectivity index (χ2n) is 15.9. The van der Waals surface area contributed by atoms with Gasteiger partial charge in [-0.15, -0.1) is 0 Å². The summed E-state index contributed by atoms with van der Waals surface area (Å²) in [7, 11) is 3.34. The maximum Gasteiger partial charge on any atom is 0.311 e. The number of esters is 1. The van der Waals surface area contributed by atoms with Gasteiger partial charge < -0.3 is 14.2 Å². The summed E-state index contributed by atoms with van der Waals surface area (Å²) in [6.45, 7) is 9.16. The molecule has 0 amide bonds. The van der Waals surface area contributed by atoms with Gasteiger partial charge in [0.05, 0.1) is 24.3 Å². The fraction of sp³-hybridized carbons (Fsp3) is 0.717. The van der Waals surface area contributed by atoms with E-state index in [9.17, 15) is 4.79 Å². The molecule has 0 spiro atoms. The van der Waals surface area contributed by atoms with Gasteiger partial charge in [-0.1, -0.05) is 160 Å². The summed E-state index contributed by atoms with van der Waals surface area (Å²) in [5.74, 6) is 3.55. The quantitative estimate of drug-likeness (QED) is 0.0436. The van der Waals surface area contributed by atoms with Crippen molar-refractivity contribution < 1.29 is 19.0 Å². The number of carbonyl (C=O) groups excluding carboxylic acids is 1. The van der Waals surface area contributed by atoms with E-state index in [4.69, 9.17) is 37.4 Å². The van der Waals surface area contributed by atoms with E-state index in [1.165, 1.54) is 114 Å². The number of aryl methyl sites for hydroxylation is 2. The van der Waals surface area contributed by atoms with Gasteiger partial charge in [-0.3, -0.25) is 4.79 Å². The van der Waals surface area contributed by atoms with E-state index in [1.54, 1.807) is 14.2 Å². The number of benzene rings is 2. The van der Waals surface area contributed by atoms with E-state index < -0.39 is 0 Å². The van der Waals surface area contributed by atoms with Crippen LogP contribution in [0.4, 0.5) is 0 Å². The van der Waals surface area contributed by atoms with Crippen LogP contribution >= 0.6 is 23.2 Å². The van der Waals surface area contributed by atoms with Gasteiger partial charge in [0.2, 0.25) is 0 Å². The van der Waals surface area contributed by atoms with E-state index in [1.807, 2.05) is 12.1 Å². The van der Waals surface area contributed by atoms with Crippen molar-refractivity contribution in [3.63, 3.8) is 0 Å². The molecule has 6 heteroatoms. The molecule has 2 aromatic carbocycles. The van der Waals surface area contributed by atoms with Crippen molar-refractivity contribution in [1.29, 1.82) is 0 Å². The minimum absolute atomic E-state index is 0.107. The SMILES string of the molecule is COc1cc(CCCC(C)C)cc(OC(=O)CCCCCCCCCCCCCCc2cc(Cl)c(OC)c(Cl)c2)c1CCCCCCCCC(C)C. The Morgan fingerprint density at radius 2 is 0.942 bits per heavy atom. The minimum atomic E-state index is -0.107. The molecule has 0 saturated carbocycles. The molecule has 0 atom stereocenters. The van der Waals surface area contributed by atoms with Gasteiger partial charge in [-0.05, 0) is 92.2 Å². The summed E-state index contributed by atoms with van der Waals surface area (Å²) in [5, 5.41) is 1.18. The van der Waals surface area contributed by atoms with Crippen LogP contribution in [0.2, 0.25) is 10.0 Å². The molecule has 0 radical (unpaired) electrons. The summed E-state index contributed by atoms with van der Waals surface area (Å²) in [4.78, 5) is 13.0. The van der Waals surface area contributed by atoms with Crippen molar-refractivity contribution >= 4 is 29.2 Å². The van der Waals surface area contributed by atoms with Crippen LogP contribution in [0.5, 0.6) is 17.2 Å². The number of hydrogen-bond acceptors (Lipinski definition) is 4. The van der Waals surface area contributed by atoms with Gasteiger partial charge in [0.25, 0.3) is 0 Å². The smallest absolute Gasteiger partial charge is 0.311 e. The average Bonchev–Trinajstić information content (AvgIpc) is 3.09. The first-order chi connectivity index (χ1) is 25.1. The third-order valence-electron chi connectivity index (χ3n) is 10.2. The van der Waals surface area contributed by atoms with Crippen LogP contribution < -0.4 is 14.2 Å². The van der Waals surface area contributed by atoms with E-state index >= 15 is 0 Å². The van der Waals surface area contributed by atoms with Crippen molar-refractivity contribution in [1.82, 2.24) is 0 Å². The largest absolute Gasteiger partial charge is 0.496 e. The van der Waals surface area contributed by atoms with Gasteiger partial charge in [0.15, 0.2) is 5.75 Å². The molecular formula is C46H74Cl2O4. The molecule has 0 heterocycles. The van der Waals surface area contributed by atoms with Gasteiger partial charge in [0, 0.05) is 12.0 Å². The van der Waals surface area contributed by atoms with E-state index in [2.05, 4.69) is 39.8 Å². The lowest BCUT2D eigenvalue weighted by Crippen LogP contribution is -2.10. The van der Waals surface area contributed by atoms with Crippen molar-refractivity contribution in [3.8, 4) is 17.2 Å². The van der Waals surface area contributed by atoms with Gasteiger partial charge >= 0.3 is 5.97 Å². The Balaban J connectivity index is 1.64.